The monoisotopic (exact) mass is 989 g/mol. The smallest absolute Gasteiger partial charge is 0.408 e. The van der Waals surface area contributed by atoms with Crippen molar-refractivity contribution in [2.45, 2.75) is 152 Å². The van der Waals surface area contributed by atoms with Gasteiger partial charge in [-0.2, -0.15) is 0 Å². The minimum atomic E-state index is -2.35. The van der Waals surface area contributed by atoms with Gasteiger partial charge < -0.3 is 80.1 Å². The Hall–Kier alpha value is -4.91. The van der Waals surface area contributed by atoms with Crippen molar-refractivity contribution in [2.75, 3.05) is 19.8 Å². The van der Waals surface area contributed by atoms with E-state index in [2.05, 4.69) is 5.32 Å². The van der Waals surface area contributed by atoms with Crippen molar-refractivity contribution < 1.29 is 98.7 Å². The SMILES string of the molecule is CC(=O)O[C@@]12CO[C@@H]1C[C@H](O)[C@@]1(C)C(=O)[C@H](O)C3=C(C)[C@@H](OC(=O)[C@H](O)[C@@H](NC(=O)OC(C)(C)C)c4ccccc4)C[C@@](O)([C@@H](OC(=O)c4ccccc4)[C@H]21)C3(C)C.OC[C@@H](O)[C@@H](O)[C@H](O)[C@H](O)CO. The lowest BCUT2D eigenvalue weighted by molar-refractivity contribution is -0.346. The Labute approximate surface area is 404 Å². The third kappa shape index (κ3) is 10.7. The molecular weight excluding hydrogens is 923 g/mol. The maximum absolute atomic E-state index is 14.9. The fourth-order valence-electron chi connectivity index (χ4n) is 10.2. The molecule has 0 spiro atoms. The molecule has 6 rings (SSSR count). The van der Waals surface area contributed by atoms with E-state index in [4.69, 9.17) is 54.3 Å². The number of fused-ring (bicyclic) bond motifs is 5. The summed E-state index contributed by atoms with van der Waals surface area (Å²) in [4.78, 5) is 68.9. The lowest BCUT2D eigenvalue weighted by atomic mass is 9.44. The van der Waals surface area contributed by atoms with Crippen LogP contribution in [0.1, 0.15) is 90.2 Å². The van der Waals surface area contributed by atoms with Crippen molar-refractivity contribution in [3.8, 4) is 0 Å². The largest absolute Gasteiger partial charge is 0.456 e. The fourth-order valence-corrected chi connectivity index (χ4v) is 10.2. The van der Waals surface area contributed by atoms with E-state index in [0.717, 1.165) is 6.92 Å². The van der Waals surface area contributed by atoms with Crippen molar-refractivity contribution in [1.29, 1.82) is 0 Å². The van der Waals surface area contributed by atoms with Crippen LogP contribution in [0, 0.1) is 16.7 Å². The molecule has 21 nitrogen and oxygen atoms in total. The summed E-state index contributed by atoms with van der Waals surface area (Å²) < 4.78 is 29.5. The molecule has 1 heterocycles. The zero-order valence-electron chi connectivity index (χ0n) is 40.3. The van der Waals surface area contributed by atoms with Crippen LogP contribution in [0.25, 0.3) is 0 Å². The molecule has 2 saturated carbocycles. The van der Waals surface area contributed by atoms with Crippen LogP contribution in [0.3, 0.4) is 0 Å². The molecule has 1 aliphatic heterocycles. The zero-order valence-corrected chi connectivity index (χ0v) is 40.3. The predicted octanol–water partition coefficient (Wildman–Crippen LogP) is -0.326. The molecule has 3 fully saturated rings. The van der Waals surface area contributed by atoms with E-state index in [1.807, 2.05) is 0 Å². The Kier molecular flexibility index (Phi) is 17.2. The van der Waals surface area contributed by atoms with E-state index in [9.17, 15) is 44.4 Å². The van der Waals surface area contributed by atoms with Crippen LogP contribution in [0.15, 0.2) is 71.8 Å². The average molecular weight is 990 g/mol. The molecule has 15 atom stereocenters. The first-order valence-corrected chi connectivity index (χ1v) is 22.8. The van der Waals surface area contributed by atoms with Crippen LogP contribution in [0.5, 0.6) is 0 Å². The van der Waals surface area contributed by atoms with E-state index in [0.29, 0.717) is 5.56 Å². The number of aliphatic hydroxyl groups is 10. The van der Waals surface area contributed by atoms with E-state index in [1.54, 1.807) is 83.1 Å². The molecule has 2 aromatic carbocycles. The summed E-state index contributed by atoms with van der Waals surface area (Å²) in [5.41, 5.74) is -8.14. The van der Waals surface area contributed by atoms with E-state index >= 15 is 0 Å². The summed E-state index contributed by atoms with van der Waals surface area (Å²) in [5, 5.41) is 104. The number of hydrogen-bond acceptors (Lipinski definition) is 20. The second-order valence-corrected chi connectivity index (χ2v) is 20.1. The summed E-state index contributed by atoms with van der Waals surface area (Å²) in [6.45, 7) is 10.3. The minimum Gasteiger partial charge on any atom is -0.456 e. The number of carbonyl (C=O) groups is 5. The summed E-state index contributed by atoms with van der Waals surface area (Å²) in [6, 6.07) is 14.6. The third-order valence-electron chi connectivity index (χ3n) is 14.1. The van der Waals surface area contributed by atoms with Gasteiger partial charge in [0, 0.05) is 25.2 Å². The van der Waals surface area contributed by atoms with Crippen molar-refractivity contribution in [1.82, 2.24) is 5.32 Å². The first-order valence-electron chi connectivity index (χ1n) is 22.8. The van der Waals surface area contributed by atoms with Gasteiger partial charge in [-0.1, -0.05) is 62.4 Å². The number of ketones is 1. The van der Waals surface area contributed by atoms with Gasteiger partial charge in [0.25, 0.3) is 0 Å². The highest BCUT2D eigenvalue weighted by atomic mass is 16.6. The van der Waals surface area contributed by atoms with E-state index in [1.165, 1.54) is 26.0 Å². The molecule has 3 aliphatic carbocycles. The van der Waals surface area contributed by atoms with Crippen LogP contribution in [0.4, 0.5) is 4.79 Å². The minimum absolute atomic E-state index is 0.0637. The Balaban J connectivity index is 0.000000671. The topological polar surface area (TPSA) is 346 Å². The number of amides is 1. The standard InChI is InChI=1S/C43H53NO14.C6H14O6/c1-22-26(55-37(51)32(48)30(24-15-11-9-12-16-24)44-38(52)58-39(3,4)5)20-43(53)35(56-36(50)25-17-13-10-14-18-25)33-41(8,34(49)31(47)29(22)40(43,6)7)27(46)19-28-42(33,21-54-28)57-23(2)45;7-1-3(9)5(11)6(12)4(10)2-8/h9-18,26-28,30-33,35,46-48,53H,19-21H2,1-8H3,(H,44,52);3-12H,1-2H2/t26-,27-,28+,30-,31+,32+,33-,35-,41+,42-,43+;3-,4-,5-,6-/m01/s1. The second-order valence-electron chi connectivity index (χ2n) is 20.1. The van der Waals surface area contributed by atoms with Gasteiger partial charge in [-0.25, -0.2) is 14.4 Å². The van der Waals surface area contributed by atoms with Gasteiger partial charge in [0.15, 0.2) is 17.5 Å². The van der Waals surface area contributed by atoms with Crippen molar-refractivity contribution >= 4 is 29.8 Å². The number of hydrogen-bond donors (Lipinski definition) is 11. The Morgan fingerprint density at radius 3 is 1.89 bits per heavy atom. The van der Waals surface area contributed by atoms with E-state index < -0.39 is 150 Å². The number of benzene rings is 2. The maximum Gasteiger partial charge on any atom is 0.408 e. The van der Waals surface area contributed by atoms with Gasteiger partial charge in [0.05, 0.1) is 48.9 Å². The fraction of sp³-hybridized carbons (Fsp3) is 0.612. The van der Waals surface area contributed by atoms with Gasteiger partial charge in [-0.05, 0) is 63.5 Å². The van der Waals surface area contributed by atoms with E-state index in [-0.39, 0.29) is 29.7 Å². The number of carbonyl (C=O) groups excluding carboxylic acids is 5. The summed E-state index contributed by atoms with van der Waals surface area (Å²) >= 11 is 0. The lowest BCUT2D eigenvalue weighted by Gasteiger charge is -2.67. The summed E-state index contributed by atoms with van der Waals surface area (Å²) in [5.74, 6) is -5.36. The van der Waals surface area contributed by atoms with Crippen molar-refractivity contribution in [3.63, 3.8) is 0 Å². The lowest BCUT2D eigenvalue weighted by Crippen LogP contribution is -2.81. The number of esters is 3. The van der Waals surface area contributed by atoms with Gasteiger partial charge in [0.1, 0.15) is 60.0 Å². The molecule has 4 aliphatic rings. The first-order chi connectivity index (χ1) is 32.5. The van der Waals surface area contributed by atoms with Gasteiger partial charge >= 0.3 is 24.0 Å². The van der Waals surface area contributed by atoms with Crippen molar-refractivity contribution in [3.05, 3.63) is 82.9 Å². The molecule has 1 saturated heterocycles. The highest BCUT2D eigenvalue weighted by Gasteiger charge is 2.78. The zero-order chi connectivity index (χ0) is 52.5. The number of aliphatic hydroxyl groups excluding tert-OH is 9. The molecule has 0 unspecified atom stereocenters. The van der Waals surface area contributed by atoms with Crippen molar-refractivity contribution in [2.24, 2.45) is 16.7 Å². The van der Waals surface area contributed by atoms with Crippen LogP contribution in [-0.2, 0) is 38.1 Å². The number of rotatable bonds is 13. The number of Topliss-reactive ketones (excluding diaryl/α,β-unsaturated/α-hetero) is 1. The highest BCUT2D eigenvalue weighted by molar-refractivity contribution is 5.94. The number of alkyl carbamates (subject to hydrolysis) is 1. The molecule has 0 aromatic heterocycles. The second kappa shape index (κ2) is 21.4. The van der Waals surface area contributed by atoms with Crippen LogP contribution in [-0.4, -0.2) is 179 Å². The predicted molar refractivity (Wildman–Crippen MR) is 242 cm³/mol. The molecule has 0 radical (unpaired) electrons. The number of ether oxygens (including phenoxy) is 5. The Bertz CT molecular complexity index is 2220. The highest BCUT2D eigenvalue weighted by Crippen LogP contribution is 2.64. The Morgan fingerprint density at radius 1 is 0.857 bits per heavy atom. The molecular formula is C49H67NO20. The molecule has 70 heavy (non-hydrogen) atoms. The van der Waals surface area contributed by atoms with Crippen LogP contribution >= 0.6 is 0 Å². The third-order valence-corrected chi connectivity index (χ3v) is 14.1. The number of nitrogens with one attached hydrogen (secondary N) is 1. The van der Waals surface area contributed by atoms with Crippen LogP contribution in [0.2, 0.25) is 0 Å². The molecule has 1 amide bonds. The maximum atomic E-state index is 14.9. The average Bonchev–Trinajstić information content (AvgIpc) is 3.30. The molecule has 2 aromatic rings. The van der Waals surface area contributed by atoms with Crippen LogP contribution < -0.4 is 5.32 Å². The van der Waals surface area contributed by atoms with Gasteiger partial charge in [-0.15, -0.1) is 0 Å². The summed E-state index contributed by atoms with van der Waals surface area (Å²) in [6.07, 6.45) is -17.9. The quantitative estimate of drug-likeness (QED) is 0.0696. The Morgan fingerprint density at radius 2 is 1.40 bits per heavy atom. The molecule has 2 bridgehead atoms. The molecule has 21 heteroatoms. The van der Waals surface area contributed by atoms with Gasteiger partial charge in [-0.3, -0.25) is 9.59 Å². The van der Waals surface area contributed by atoms with Gasteiger partial charge in [0.2, 0.25) is 0 Å². The normalized spacial score (nSPS) is 31.6. The molecule has 388 valence electrons. The summed E-state index contributed by atoms with van der Waals surface area (Å²) in [7, 11) is 0. The first kappa shape index (κ1) is 56.0. The molecule has 11 N–H and O–H groups in total.